The van der Waals surface area contributed by atoms with Crippen LogP contribution in [0.25, 0.3) is 0 Å². The first kappa shape index (κ1) is 28.3. The molecular formula is C20H46NO4P. The van der Waals surface area contributed by atoms with Crippen molar-refractivity contribution in [3.8, 4) is 0 Å². The SMILES string of the molecule is CCCCCCCCCCCCN(C)C.CCCCCCOP(=O)(O)O. The maximum absolute atomic E-state index is 10.1. The van der Waals surface area contributed by atoms with E-state index in [1.54, 1.807) is 0 Å². The number of nitrogens with zero attached hydrogens (tertiary/aromatic N) is 1. The van der Waals surface area contributed by atoms with E-state index in [-0.39, 0.29) is 6.61 Å². The Bertz CT molecular complexity index is 308. The highest BCUT2D eigenvalue weighted by Crippen LogP contribution is 2.35. The molecule has 5 nitrogen and oxygen atoms in total. The van der Waals surface area contributed by atoms with E-state index in [2.05, 4.69) is 37.4 Å². The van der Waals surface area contributed by atoms with Gasteiger partial charge in [0.15, 0.2) is 0 Å². The quantitative estimate of drug-likeness (QED) is 0.228. The van der Waals surface area contributed by atoms with Gasteiger partial charge in [-0.3, -0.25) is 4.52 Å². The molecule has 0 saturated heterocycles. The second kappa shape index (κ2) is 21.4. The number of unbranched alkanes of at least 4 members (excludes halogenated alkanes) is 12. The highest BCUT2D eigenvalue weighted by molar-refractivity contribution is 7.46. The fraction of sp³-hybridized carbons (Fsp3) is 1.00. The maximum atomic E-state index is 10.1. The third-order valence-electron chi connectivity index (χ3n) is 4.22. The van der Waals surface area contributed by atoms with Gasteiger partial charge in [-0.25, -0.2) is 4.57 Å². The summed E-state index contributed by atoms with van der Waals surface area (Å²) in [4.78, 5) is 18.8. The summed E-state index contributed by atoms with van der Waals surface area (Å²) >= 11 is 0. The van der Waals surface area contributed by atoms with E-state index in [0.717, 1.165) is 25.7 Å². The van der Waals surface area contributed by atoms with Gasteiger partial charge in [0.2, 0.25) is 0 Å². The molecule has 0 heterocycles. The van der Waals surface area contributed by atoms with Crippen molar-refractivity contribution < 1.29 is 18.9 Å². The molecule has 0 bridgehead atoms. The van der Waals surface area contributed by atoms with Gasteiger partial charge in [-0.2, -0.15) is 0 Å². The molecule has 2 N–H and O–H groups in total. The van der Waals surface area contributed by atoms with Gasteiger partial charge in [0, 0.05) is 0 Å². The van der Waals surface area contributed by atoms with E-state index < -0.39 is 7.82 Å². The lowest BCUT2D eigenvalue weighted by atomic mass is 10.1. The molecule has 0 unspecified atom stereocenters. The molecule has 0 aromatic carbocycles. The van der Waals surface area contributed by atoms with E-state index in [1.807, 2.05) is 0 Å². The summed E-state index contributed by atoms with van der Waals surface area (Å²) in [7, 11) is 0.107. The summed E-state index contributed by atoms with van der Waals surface area (Å²) in [5, 5.41) is 0. The molecule has 0 fully saturated rings. The minimum Gasteiger partial charge on any atom is -0.309 e. The Morgan fingerprint density at radius 3 is 1.46 bits per heavy atom. The van der Waals surface area contributed by atoms with Crippen LogP contribution >= 0.6 is 7.82 Å². The summed E-state index contributed by atoms with van der Waals surface area (Å²) in [5.74, 6) is 0. The topological polar surface area (TPSA) is 70.0 Å². The largest absolute Gasteiger partial charge is 0.469 e. The lowest BCUT2D eigenvalue weighted by Gasteiger charge is -2.08. The van der Waals surface area contributed by atoms with Gasteiger partial charge in [0.1, 0.15) is 0 Å². The van der Waals surface area contributed by atoms with Crippen molar-refractivity contribution in [2.75, 3.05) is 27.2 Å². The first-order valence-corrected chi connectivity index (χ1v) is 12.2. The van der Waals surface area contributed by atoms with Crippen LogP contribution in [0, 0.1) is 0 Å². The molecule has 0 amide bonds. The zero-order valence-corrected chi connectivity index (χ0v) is 18.8. The van der Waals surface area contributed by atoms with Gasteiger partial charge in [-0.05, 0) is 33.5 Å². The Hall–Kier alpha value is 0.0700. The minimum absolute atomic E-state index is 0.157. The highest BCUT2D eigenvalue weighted by Gasteiger charge is 2.11. The molecule has 6 heteroatoms. The van der Waals surface area contributed by atoms with E-state index in [0.29, 0.717) is 0 Å². The molecule has 0 spiro atoms. The van der Waals surface area contributed by atoms with E-state index in [4.69, 9.17) is 9.79 Å². The van der Waals surface area contributed by atoms with Crippen molar-refractivity contribution in [1.82, 2.24) is 4.90 Å². The summed E-state index contributed by atoms with van der Waals surface area (Å²) in [6.07, 6.45) is 18.2. The lowest BCUT2D eigenvalue weighted by Crippen LogP contribution is -2.12. The Kier molecular flexibility index (Phi) is 23.2. The normalized spacial score (nSPS) is 11.5. The van der Waals surface area contributed by atoms with E-state index in [1.165, 1.54) is 70.8 Å². The van der Waals surface area contributed by atoms with Gasteiger partial charge in [-0.15, -0.1) is 0 Å². The van der Waals surface area contributed by atoms with Crippen molar-refractivity contribution in [1.29, 1.82) is 0 Å². The van der Waals surface area contributed by atoms with Crippen LogP contribution in [-0.2, 0) is 9.09 Å². The van der Waals surface area contributed by atoms with Crippen LogP contribution in [0.4, 0.5) is 0 Å². The minimum atomic E-state index is -4.21. The summed E-state index contributed by atoms with van der Waals surface area (Å²) in [6.45, 7) is 5.77. The second-order valence-electron chi connectivity index (χ2n) is 7.37. The fourth-order valence-corrected chi connectivity index (χ4v) is 2.99. The maximum Gasteiger partial charge on any atom is 0.469 e. The summed E-state index contributed by atoms with van der Waals surface area (Å²) in [5.41, 5.74) is 0. The zero-order valence-electron chi connectivity index (χ0n) is 17.9. The highest BCUT2D eigenvalue weighted by atomic mass is 31.2. The number of hydrogen-bond acceptors (Lipinski definition) is 3. The van der Waals surface area contributed by atoms with Crippen LogP contribution in [-0.4, -0.2) is 41.9 Å². The van der Waals surface area contributed by atoms with E-state index in [9.17, 15) is 4.57 Å². The molecule has 160 valence electrons. The standard InChI is InChI=1S/C14H31N.C6H15O4P/c1-4-5-6-7-8-9-10-11-12-13-14-15(2)3;1-2-3-4-5-6-10-11(7,8)9/h4-14H2,1-3H3;2-6H2,1H3,(H2,7,8,9). The average molecular weight is 396 g/mol. The van der Waals surface area contributed by atoms with Crippen LogP contribution in [0.2, 0.25) is 0 Å². The van der Waals surface area contributed by atoms with Gasteiger partial charge >= 0.3 is 7.82 Å². The number of hydrogen-bond donors (Lipinski definition) is 2. The van der Waals surface area contributed by atoms with Crippen molar-refractivity contribution in [2.24, 2.45) is 0 Å². The first-order valence-electron chi connectivity index (χ1n) is 10.7. The molecule has 0 radical (unpaired) electrons. The van der Waals surface area contributed by atoms with Crippen LogP contribution in [0.3, 0.4) is 0 Å². The third-order valence-corrected chi connectivity index (χ3v) is 4.74. The molecule has 26 heavy (non-hydrogen) atoms. The summed E-state index contributed by atoms with van der Waals surface area (Å²) in [6, 6.07) is 0. The molecule has 0 atom stereocenters. The van der Waals surface area contributed by atoms with Gasteiger partial charge < -0.3 is 14.7 Å². The molecule has 0 saturated carbocycles. The molecule has 0 aromatic rings. The molecule has 0 rings (SSSR count). The second-order valence-corrected chi connectivity index (χ2v) is 8.61. The number of phosphoric ester groups is 1. The van der Waals surface area contributed by atoms with E-state index >= 15 is 0 Å². The molecule has 0 aliphatic heterocycles. The molecule has 0 aliphatic carbocycles. The summed E-state index contributed by atoms with van der Waals surface area (Å²) < 4.78 is 14.4. The van der Waals surface area contributed by atoms with Crippen LogP contribution in [0.15, 0.2) is 0 Å². The first-order chi connectivity index (χ1) is 12.3. The Morgan fingerprint density at radius 1 is 0.692 bits per heavy atom. The predicted octanol–water partition coefficient (Wildman–Crippen LogP) is 6.14. The van der Waals surface area contributed by atoms with Crippen molar-refractivity contribution >= 4 is 7.82 Å². The smallest absolute Gasteiger partial charge is 0.309 e. The van der Waals surface area contributed by atoms with Crippen molar-refractivity contribution in [3.63, 3.8) is 0 Å². The lowest BCUT2D eigenvalue weighted by molar-refractivity contribution is 0.193. The Labute approximate surface area is 163 Å². The predicted molar refractivity (Wildman–Crippen MR) is 113 cm³/mol. The van der Waals surface area contributed by atoms with Crippen molar-refractivity contribution in [2.45, 2.75) is 104 Å². The van der Waals surface area contributed by atoms with Gasteiger partial charge in [0.05, 0.1) is 6.61 Å². The zero-order chi connectivity index (χ0) is 20.1. The van der Waals surface area contributed by atoms with Crippen LogP contribution in [0.5, 0.6) is 0 Å². The number of rotatable bonds is 17. The molecular weight excluding hydrogens is 349 g/mol. The van der Waals surface area contributed by atoms with Crippen molar-refractivity contribution in [3.05, 3.63) is 0 Å². The van der Waals surface area contributed by atoms with Crippen LogP contribution < -0.4 is 0 Å². The Morgan fingerprint density at radius 2 is 1.08 bits per heavy atom. The van der Waals surface area contributed by atoms with Gasteiger partial charge in [0.25, 0.3) is 0 Å². The van der Waals surface area contributed by atoms with Crippen LogP contribution in [0.1, 0.15) is 104 Å². The third kappa shape index (κ3) is 31.8. The molecule has 0 aromatic heterocycles. The number of phosphoric acid groups is 1. The molecule has 0 aliphatic rings. The van der Waals surface area contributed by atoms with Gasteiger partial charge in [-0.1, -0.05) is 90.9 Å². The Balaban J connectivity index is 0. The average Bonchev–Trinajstić information content (AvgIpc) is 2.56. The monoisotopic (exact) mass is 395 g/mol. The fourth-order valence-electron chi connectivity index (χ4n) is 2.63.